The van der Waals surface area contributed by atoms with Gasteiger partial charge in [-0.15, -0.1) is 0 Å². The second-order valence-corrected chi connectivity index (χ2v) is 6.23. The lowest BCUT2D eigenvalue weighted by Crippen LogP contribution is -2.11. The lowest BCUT2D eigenvalue weighted by Gasteiger charge is -2.24. The molecule has 5 rings (SSSR count). The highest BCUT2D eigenvalue weighted by Gasteiger charge is 2.28. The number of fused-ring (bicyclic) bond motifs is 7. The summed E-state index contributed by atoms with van der Waals surface area (Å²) in [6, 6.07) is 24.6. The summed E-state index contributed by atoms with van der Waals surface area (Å²) in [6.45, 7) is 4.07. The van der Waals surface area contributed by atoms with Crippen molar-refractivity contribution in [2.75, 3.05) is 0 Å². The molecule has 1 aliphatic carbocycles. The Balaban J connectivity index is 2.06. The Kier molecular flexibility index (Phi) is 2.57. The van der Waals surface area contributed by atoms with E-state index < -0.39 is 0 Å². The van der Waals surface area contributed by atoms with E-state index in [1.807, 2.05) is 42.5 Å². The molecule has 0 saturated carbocycles. The molecule has 1 heteroatoms. The smallest absolute Gasteiger partial charge is 0.193 e. The van der Waals surface area contributed by atoms with E-state index >= 15 is 0 Å². The van der Waals surface area contributed by atoms with Crippen LogP contribution in [0.25, 0.3) is 38.2 Å². The maximum atomic E-state index is 12.9. The van der Waals surface area contributed by atoms with E-state index in [2.05, 4.69) is 36.9 Å². The van der Waals surface area contributed by atoms with E-state index in [4.69, 9.17) is 0 Å². The maximum Gasteiger partial charge on any atom is 0.193 e. The SMILES string of the molecule is C=C1C(=O)c2ccc3ccccc3c2-c2c1ccc1ccccc21. The molecule has 0 atom stereocenters. The summed E-state index contributed by atoms with van der Waals surface area (Å²) in [7, 11) is 0. The van der Waals surface area contributed by atoms with Crippen molar-refractivity contribution in [1.29, 1.82) is 0 Å². The summed E-state index contributed by atoms with van der Waals surface area (Å²) in [6.07, 6.45) is 0. The standard InChI is InChI=1S/C23H14O/c1-14-17-12-10-15-6-2-4-8-18(15)21(17)22-19-9-5-3-7-16(19)11-13-20(22)23(14)24/h2-13H,1H2. The van der Waals surface area contributed by atoms with Gasteiger partial charge in [0, 0.05) is 16.7 Å². The van der Waals surface area contributed by atoms with Crippen LogP contribution in [0.1, 0.15) is 15.9 Å². The van der Waals surface area contributed by atoms with Crippen LogP contribution in [0.3, 0.4) is 0 Å². The minimum Gasteiger partial charge on any atom is -0.289 e. The first-order chi connectivity index (χ1) is 11.8. The molecule has 0 amide bonds. The zero-order chi connectivity index (χ0) is 16.3. The van der Waals surface area contributed by atoms with E-state index in [1.54, 1.807) is 0 Å². The fourth-order valence-corrected chi connectivity index (χ4v) is 3.81. The fraction of sp³-hybridized carbons (Fsp3) is 0. The van der Waals surface area contributed by atoms with Gasteiger partial charge in [-0.25, -0.2) is 0 Å². The molecule has 0 bridgehead atoms. The lowest BCUT2D eigenvalue weighted by atomic mass is 9.78. The van der Waals surface area contributed by atoms with Gasteiger partial charge in [0.05, 0.1) is 0 Å². The summed E-state index contributed by atoms with van der Waals surface area (Å²) in [5, 5.41) is 4.61. The van der Waals surface area contributed by atoms with Crippen LogP contribution < -0.4 is 0 Å². The quantitative estimate of drug-likeness (QED) is 0.371. The first kappa shape index (κ1) is 13.3. The van der Waals surface area contributed by atoms with E-state index in [0.29, 0.717) is 5.57 Å². The topological polar surface area (TPSA) is 17.1 Å². The second kappa shape index (κ2) is 4.65. The van der Waals surface area contributed by atoms with Crippen molar-refractivity contribution in [2.45, 2.75) is 0 Å². The van der Waals surface area contributed by atoms with E-state index in [-0.39, 0.29) is 5.78 Å². The molecule has 0 radical (unpaired) electrons. The van der Waals surface area contributed by atoms with E-state index in [9.17, 15) is 4.79 Å². The average Bonchev–Trinajstić information content (AvgIpc) is 2.64. The minimum absolute atomic E-state index is 0.0264. The van der Waals surface area contributed by atoms with Gasteiger partial charge in [0.15, 0.2) is 5.78 Å². The number of benzene rings is 4. The van der Waals surface area contributed by atoms with Crippen molar-refractivity contribution in [3.63, 3.8) is 0 Å². The highest BCUT2D eigenvalue weighted by molar-refractivity contribution is 6.37. The largest absolute Gasteiger partial charge is 0.289 e. The Morgan fingerprint density at radius 2 is 1.08 bits per heavy atom. The van der Waals surface area contributed by atoms with Crippen LogP contribution in [-0.2, 0) is 0 Å². The molecule has 112 valence electrons. The Bertz CT molecular complexity index is 1090. The molecule has 0 spiro atoms. The lowest BCUT2D eigenvalue weighted by molar-refractivity contribution is 0.105. The molecular formula is C23H14O. The Hall–Kier alpha value is -3.19. The third-order valence-electron chi connectivity index (χ3n) is 4.95. The van der Waals surface area contributed by atoms with Gasteiger partial charge >= 0.3 is 0 Å². The molecule has 1 nitrogen and oxygen atoms in total. The van der Waals surface area contributed by atoms with Crippen LogP contribution >= 0.6 is 0 Å². The van der Waals surface area contributed by atoms with Crippen molar-refractivity contribution in [2.24, 2.45) is 0 Å². The molecule has 0 unspecified atom stereocenters. The summed E-state index contributed by atoms with van der Waals surface area (Å²) in [5.74, 6) is 0.0264. The summed E-state index contributed by atoms with van der Waals surface area (Å²) < 4.78 is 0. The fourth-order valence-electron chi connectivity index (χ4n) is 3.81. The first-order valence-corrected chi connectivity index (χ1v) is 8.03. The van der Waals surface area contributed by atoms with Crippen LogP contribution in [0.2, 0.25) is 0 Å². The zero-order valence-corrected chi connectivity index (χ0v) is 13.0. The Labute approximate surface area is 139 Å². The molecule has 0 fully saturated rings. The van der Waals surface area contributed by atoms with Gasteiger partial charge in [-0.05, 0) is 38.7 Å². The summed E-state index contributed by atoms with van der Waals surface area (Å²) in [4.78, 5) is 12.9. The number of ketones is 1. The van der Waals surface area contributed by atoms with Crippen molar-refractivity contribution in [3.8, 4) is 11.1 Å². The first-order valence-electron chi connectivity index (χ1n) is 8.03. The molecule has 0 N–H and O–H groups in total. The molecule has 0 heterocycles. The third kappa shape index (κ3) is 1.61. The Morgan fingerprint density at radius 1 is 0.583 bits per heavy atom. The third-order valence-corrected chi connectivity index (χ3v) is 4.95. The number of carbonyl (C=O) groups is 1. The summed E-state index contributed by atoms with van der Waals surface area (Å²) >= 11 is 0. The van der Waals surface area contributed by atoms with Gasteiger partial charge in [-0.3, -0.25) is 4.79 Å². The van der Waals surface area contributed by atoms with Crippen molar-refractivity contribution in [3.05, 3.63) is 90.5 Å². The van der Waals surface area contributed by atoms with Crippen LogP contribution in [0.4, 0.5) is 0 Å². The molecule has 24 heavy (non-hydrogen) atoms. The van der Waals surface area contributed by atoms with Gasteiger partial charge in [0.25, 0.3) is 0 Å². The van der Waals surface area contributed by atoms with Gasteiger partial charge < -0.3 is 0 Å². The van der Waals surface area contributed by atoms with Gasteiger partial charge in [-0.1, -0.05) is 73.3 Å². The zero-order valence-electron chi connectivity index (χ0n) is 13.0. The molecule has 4 aromatic carbocycles. The Morgan fingerprint density at radius 3 is 1.71 bits per heavy atom. The summed E-state index contributed by atoms with van der Waals surface area (Å²) in [5.41, 5.74) is 4.45. The highest BCUT2D eigenvalue weighted by atomic mass is 16.1. The number of allylic oxidation sites excluding steroid dienone is 1. The predicted molar refractivity (Wildman–Crippen MR) is 100 cm³/mol. The molecule has 0 saturated heterocycles. The predicted octanol–water partition coefficient (Wildman–Crippen LogP) is 5.87. The van der Waals surface area contributed by atoms with Crippen molar-refractivity contribution in [1.82, 2.24) is 0 Å². The minimum atomic E-state index is 0.0264. The number of carbonyl (C=O) groups excluding carboxylic acids is 1. The van der Waals surface area contributed by atoms with Crippen molar-refractivity contribution >= 4 is 32.9 Å². The second-order valence-electron chi connectivity index (χ2n) is 6.23. The van der Waals surface area contributed by atoms with Gasteiger partial charge in [-0.2, -0.15) is 0 Å². The molecule has 0 aromatic heterocycles. The highest BCUT2D eigenvalue weighted by Crippen LogP contribution is 2.45. The number of Topliss-reactive ketones (excluding diaryl/α,β-unsaturated/α-hetero) is 1. The van der Waals surface area contributed by atoms with E-state index in [1.165, 1.54) is 10.8 Å². The van der Waals surface area contributed by atoms with Crippen LogP contribution in [-0.4, -0.2) is 5.78 Å². The monoisotopic (exact) mass is 306 g/mol. The molecule has 4 aromatic rings. The molecule has 0 aliphatic heterocycles. The van der Waals surface area contributed by atoms with Crippen LogP contribution in [0.5, 0.6) is 0 Å². The molecular weight excluding hydrogens is 292 g/mol. The van der Waals surface area contributed by atoms with Crippen LogP contribution in [0.15, 0.2) is 79.4 Å². The number of rotatable bonds is 0. The van der Waals surface area contributed by atoms with E-state index in [0.717, 1.165) is 33.0 Å². The maximum absolute atomic E-state index is 12.9. The van der Waals surface area contributed by atoms with Gasteiger partial charge in [0.2, 0.25) is 0 Å². The normalized spacial score (nSPS) is 13.2. The van der Waals surface area contributed by atoms with Gasteiger partial charge in [0.1, 0.15) is 0 Å². The van der Waals surface area contributed by atoms with Crippen molar-refractivity contribution < 1.29 is 4.79 Å². The van der Waals surface area contributed by atoms with Crippen LogP contribution in [0, 0.1) is 0 Å². The number of hydrogen-bond donors (Lipinski definition) is 0. The molecule has 1 aliphatic rings. The average molecular weight is 306 g/mol. The number of hydrogen-bond acceptors (Lipinski definition) is 1.